The van der Waals surface area contributed by atoms with Gasteiger partial charge in [-0.05, 0) is 13.8 Å². The summed E-state index contributed by atoms with van der Waals surface area (Å²) in [5, 5.41) is 27.8. The van der Waals surface area contributed by atoms with Crippen molar-refractivity contribution in [2.45, 2.75) is 44.6 Å². The molecule has 0 aromatic heterocycles. The highest BCUT2D eigenvalue weighted by Gasteiger charge is 2.38. The number of ether oxygens (including phenoxy) is 2. The van der Waals surface area contributed by atoms with Crippen LogP contribution in [0.15, 0.2) is 0 Å². The molecule has 78 valence electrons. The molecule has 1 rings (SSSR count). The van der Waals surface area contributed by atoms with Gasteiger partial charge in [0.25, 0.3) is 0 Å². The van der Waals surface area contributed by atoms with Crippen LogP contribution >= 0.6 is 0 Å². The summed E-state index contributed by atoms with van der Waals surface area (Å²) in [5.41, 5.74) is 0. The van der Waals surface area contributed by atoms with Gasteiger partial charge >= 0.3 is 0 Å². The smallest absolute Gasteiger partial charge is 0.186 e. The first-order chi connectivity index (χ1) is 6.02. The molecule has 0 radical (unpaired) electrons. The second-order valence-corrected chi connectivity index (χ2v) is 3.44. The fraction of sp³-hybridized carbons (Fsp3) is 1.00. The lowest BCUT2D eigenvalue weighted by Crippen LogP contribution is -2.54. The largest absolute Gasteiger partial charge is 0.388 e. The van der Waals surface area contributed by atoms with Crippen molar-refractivity contribution in [3.63, 3.8) is 0 Å². The fourth-order valence-corrected chi connectivity index (χ4v) is 1.17. The van der Waals surface area contributed by atoms with Crippen LogP contribution in [0.2, 0.25) is 0 Å². The van der Waals surface area contributed by atoms with Crippen molar-refractivity contribution in [3.8, 4) is 0 Å². The van der Waals surface area contributed by atoms with E-state index in [1.54, 1.807) is 13.8 Å². The Morgan fingerprint density at radius 2 is 1.85 bits per heavy atom. The maximum absolute atomic E-state index is 9.40. The van der Waals surface area contributed by atoms with Crippen LogP contribution in [0.5, 0.6) is 0 Å². The first kappa shape index (κ1) is 10.9. The lowest BCUT2D eigenvalue weighted by molar-refractivity contribution is -0.278. The molecule has 13 heavy (non-hydrogen) atoms. The first-order valence-electron chi connectivity index (χ1n) is 4.33. The Labute approximate surface area is 76.9 Å². The Kier molecular flexibility index (Phi) is 3.63. The van der Waals surface area contributed by atoms with Crippen LogP contribution in [0.25, 0.3) is 0 Å². The van der Waals surface area contributed by atoms with Crippen molar-refractivity contribution in [2.24, 2.45) is 0 Å². The third-order valence-electron chi connectivity index (χ3n) is 1.86. The molecule has 4 atom stereocenters. The van der Waals surface area contributed by atoms with Crippen LogP contribution < -0.4 is 0 Å². The van der Waals surface area contributed by atoms with Crippen LogP contribution in [0.4, 0.5) is 0 Å². The normalized spacial score (nSPS) is 41.1. The minimum atomic E-state index is -1.20. The van der Waals surface area contributed by atoms with E-state index in [2.05, 4.69) is 0 Å². The highest BCUT2D eigenvalue weighted by Crippen LogP contribution is 2.17. The molecule has 3 N–H and O–H groups in total. The van der Waals surface area contributed by atoms with Gasteiger partial charge in [0.15, 0.2) is 6.29 Å². The third kappa shape index (κ3) is 2.62. The van der Waals surface area contributed by atoms with Gasteiger partial charge in [0.2, 0.25) is 0 Å². The summed E-state index contributed by atoms with van der Waals surface area (Å²) < 4.78 is 10.2. The average Bonchev–Trinajstić information content (AvgIpc) is 2.06. The van der Waals surface area contributed by atoms with E-state index in [-0.39, 0.29) is 12.7 Å². The monoisotopic (exact) mass is 192 g/mol. The van der Waals surface area contributed by atoms with E-state index in [1.807, 2.05) is 0 Å². The molecule has 0 aromatic carbocycles. The maximum atomic E-state index is 9.40. The summed E-state index contributed by atoms with van der Waals surface area (Å²) in [6, 6.07) is 0. The average molecular weight is 192 g/mol. The van der Waals surface area contributed by atoms with E-state index in [9.17, 15) is 10.2 Å². The molecule has 0 spiro atoms. The predicted molar refractivity (Wildman–Crippen MR) is 44.0 cm³/mol. The van der Waals surface area contributed by atoms with Gasteiger partial charge in [0, 0.05) is 0 Å². The molecule has 0 unspecified atom stereocenters. The quantitative estimate of drug-likeness (QED) is 0.515. The topological polar surface area (TPSA) is 79.2 Å². The van der Waals surface area contributed by atoms with Crippen molar-refractivity contribution in [3.05, 3.63) is 0 Å². The van der Waals surface area contributed by atoms with Crippen molar-refractivity contribution in [1.82, 2.24) is 0 Å². The van der Waals surface area contributed by atoms with Crippen molar-refractivity contribution in [2.75, 3.05) is 6.61 Å². The Hall–Kier alpha value is -0.200. The standard InChI is InChI=1S/C8H16O5/c1-4(2)13-8-7(11)6(10)5(9)3-12-8/h4-11H,3H2,1-2H3/t5-,6-,7+,8+/m0/s1. The number of aliphatic hydroxyl groups is 3. The summed E-state index contributed by atoms with van der Waals surface area (Å²) >= 11 is 0. The van der Waals surface area contributed by atoms with Crippen LogP contribution in [0, 0.1) is 0 Å². The molecule has 0 bridgehead atoms. The Morgan fingerprint density at radius 3 is 2.38 bits per heavy atom. The molecule has 1 aliphatic heterocycles. The summed E-state index contributed by atoms with van der Waals surface area (Å²) in [4.78, 5) is 0. The van der Waals surface area contributed by atoms with Gasteiger partial charge in [-0.3, -0.25) is 0 Å². The molecular weight excluding hydrogens is 176 g/mol. The van der Waals surface area contributed by atoms with E-state index in [4.69, 9.17) is 14.6 Å². The molecule has 0 aromatic rings. The summed E-state index contributed by atoms with van der Waals surface area (Å²) in [6.45, 7) is 3.58. The summed E-state index contributed by atoms with van der Waals surface area (Å²) in [6.07, 6.45) is -4.37. The molecule has 5 nitrogen and oxygen atoms in total. The molecule has 0 amide bonds. The fourth-order valence-electron chi connectivity index (χ4n) is 1.17. The zero-order chi connectivity index (χ0) is 10.0. The Bertz CT molecular complexity index is 161. The van der Waals surface area contributed by atoms with Gasteiger partial charge in [0.05, 0.1) is 12.7 Å². The number of aliphatic hydroxyl groups excluding tert-OH is 3. The van der Waals surface area contributed by atoms with E-state index >= 15 is 0 Å². The molecule has 0 saturated carbocycles. The van der Waals surface area contributed by atoms with Gasteiger partial charge in [-0.2, -0.15) is 0 Å². The molecule has 1 fully saturated rings. The van der Waals surface area contributed by atoms with Crippen molar-refractivity contribution < 1.29 is 24.8 Å². The van der Waals surface area contributed by atoms with Crippen LogP contribution in [-0.2, 0) is 9.47 Å². The molecular formula is C8H16O5. The first-order valence-corrected chi connectivity index (χ1v) is 4.33. The van der Waals surface area contributed by atoms with Gasteiger partial charge in [-0.1, -0.05) is 0 Å². The molecule has 0 aliphatic carbocycles. The third-order valence-corrected chi connectivity index (χ3v) is 1.86. The molecule has 1 heterocycles. The molecule has 1 aliphatic rings. The Balaban J connectivity index is 2.48. The van der Waals surface area contributed by atoms with Crippen LogP contribution in [-0.4, -0.2) is 52.6 Å². The summed E-state index contributed by atoms with van der Waals surface area (Å²) in [7, 11) is 0. The van der Waals surface area contributed by atoms with E-state index in [0.29, 0.717) is 0 Å². The van der Waals surface area contributed by atoms with E-state index < -0.39 is 24.6 Å². The van der Waals surface area contributed by atoms with Gasteiger partial charge in [-0.15, -0.1) is 0 Å². The highest BCUT2D eigenvalue weighted by molar-refractivity contribution is 4.82. The number of hydrogen-bond acceptors (Lipinski definition) is 5. The van der Waals surface area contributed by atoms with Gasteiger partial charge in [0.1, 0.15) is 18.3 Å². The second-order valence-electron chi connectivity index (χ2n) is 3.44. The number of hydrogen-bond donors (Lipinski definition) is 3. The zero-order valence-electron chi connectivity index (χ0n) is 7.75. The lowest BCUT2D eigenvalue weighted by Gasteiger charge is -2.35. The van der Waals surface area contributed by atoms with Crippen molar-refractivity contribution >= 4 is 0 Å². The Morgan fingerprint density at radius 1 is 1.23 bits per heavy atom. The van der Waals surface area contributed by atoms with Gasteiger partial charge in [-0.25, -0.2) is 0 Å². The van der Waals surface area contributed by atoms with Crippen LogP contribution in [0.3, 0.4) is 0 Å². The van der Waals surface area contributed by atoms with Gasteiger partial charge < -0.3 is 24.8 Å². The molecule has 1 saturated heterocycles. The SMILES string of the molecule is CC(C)O[C@H]1OC[C@H](O)[C@H](O)[C@H]1O. The number of rotatable bonds is 2. The van der Waals surface area contributed by atoms with E-state index in [1.165, 1.54) is 0 Å². The minimum Gasteiger partial charge on any atom is -0.388 e. The zero-order valence-corrected chi connectivity index (χ0v) is 7.75. The van der Waals surface area contributed by atoms with E-state index in [0.717, 1.165) is 0 Å². The second kappa shape index (κ2) is 4.34. The maximum Gasteiger partial charge on any atom is 0.186 e. The molecule has 5 heteroatoms. The van der Waals surface area contributed by atoms with Crippen LogP contribution in [0.1, 0.15) is 13.8 Å². The lowest BCUT2D eigenvalue weighted by atomic mass is 10.1. The van der Waals surface area contributed by atoms with Crippen molar-refractivity contribution in [1.29, 1.82) is 0 Å². The highest BCUT2D eigenvalue weighted by atomic mass is 16.7. The summed E-state index contributed by atoms with van der Waals surface area (Å²) in [5.74, 6) is 0. The predicted octanol–water partition coefficient (Wildman–Crippen LogP) is -1.15. The minimum absolute atomic E-state index is 0.0182.